The van der Waals surface area contributed by atoms with E-state index in [0.717, 1.165) is 12.2 Å². The van der Waals surface area contributed by atoms with Gasteiger partial charge in [0.2, 0.25) is 0 Å². The number of rotatable bonds is 6. The summed E-state index contributed by atoms with van der Waals surface area (Å²) >= 11 is 6.68. The molecule has 170 valence electrons. The minimum atomic E-state index is -2.28. The zero-order valence-corrected chi connectivity index (χ0v) is 22.3. The van der Waals surface area contributed by atoms with Gasteiger partial charge in [0.15, 0.2) is 5.44 Å². The molecule has 0 bridgehead atoms. The normalized spacial score (nSPS) is 11.6. The lowest BCUT2D eigenvalue weighted by Gasteiger charge is -2.21. The fraction of sp³-hybridized carbons (Fsp3) is 0.0690. The van der Waals surface area contributed by atoms with E-state index >= 15 is 0 Å². The summed E-state index contributed by atoms with van der Waals surface area (Å²) in [4.78, 5) is 0. The second kappa shape index (κ2) is 10.7. The van der Waals surface area contributed by atoms with E-state index in [-0.39, 0.29) is 17.0 Å². The van der Waals surface area contributed by atoms with E-state index in [2.05, 4.69) is 137 Å². The van der Waals surface area contributed by atoms with Crippen molar-refractivity contribution in [3.63, 3.8) is 0 Å². The zero-order valence-electron chi connectivity index (χ0n) is 19.0. The van der Waals surface area contributed by atoms with Gasteiger partial charge >= 0.3 is 0 Å². The molecular formula is C29H26BrN2PS. The summed E-state index contributed by atoms with van der Waals surface area (Å²) in [5.41, 5.74) is 4.80. The predicted molar refractivity (Wildman–Crippen MR) is 144 cm³/mol. The largest absolute Gasteiger partial charge is 1.00 e. The fourth-order valence-corrected chi connectivity index (χ4v) is 8.85. The average Bonchev–Trinajstić information content (AvgIpc) is 3.17. The Bertz CT molecular complexity index is 1420. The molecule has 3 aromatic carbocycles. The maximum absolute atomic E-state index is 6.68. The van der Waals surface area contributed by atoms with E-state index in [4.69, 9.17) is 11.8 Å². The SMILES string of the molecule is Cc1c(P(=S)(c2ccccc2)c2ccccc2)[n+]2ccccc2n1CC=Cc1ccccc1.[Br-]. The summed E-state index contributed by atoms with van der Waals surface area (Å²) in [5, 5.41) is 2.43. The highest BCUT2D eigenvalue weighted by Crippen LogP contribution is 2.42. The van der Waals surface area contributed by atoms with Crippen LogP contribution < -0.4 is 37.4 Å². The summed E-state index contributed by atoms with van der Waals surface area (Å²) < 4.78 is 4.69. The Morgan fingerprint density at radius 3 is 1.88 bits per heavy atom. The molecule has 34 heavy (non-hydrogen) atoms. The van der Waals surface area contributed by atoms with Crippen LogP contribution in [-0.4, -0.2) is 4.57 Å². The molecule has 0 spiro atoms. The van der Waals surface area contributed by atoms with Gasteiger partial charge in [-0.1, -0.05) is 115 Å². The molecule has 0 N–H and O–H groups in total. The van der Waals surface area contributed by atoms with Gasteiger partial charge < -0.3 is 17.0 Å². The smallest absolute Gasteiger partial charge is 0.287 e. The van der Waals surface area contributed by atoms with Crippen molar-refractivity contribution >= 4 is 45.6 Å². The monoisotopic (exact) mass is 544 g/mol. The molecule has 0 unspecified atom stereocenters. The van der Waals surface area contributed by atoms with E-state index in [1.165, 1.54) is 27.3 Å². The van der Waals surface area contributed by atoms with Crippen LogP contribution in [0, 0.1) is 6.92 Å². The minimum absolute atomic E-state index is 0. The molecule has 0 aliphatic carbocycles. The molecule has 0 saturated heterocycles. The highest BCUT2D eigenvalue weighted by atomic mass is 79.9. The number of benzene rings is 3. The van der Waals surface area contributed by atoms with Gasteiger partial charge in [-0.2, -0.15) is 4.40 Å². The predicted octanol–water partition coefficient (Wildman–Crippen LogP) is 2.01. The van der Waals surface area contributed by atoms with Crippen LogP contribution in [0.2, 0.25) is 0 Å². The summed E-state index contributed by atoms with van der Waals surface area (Å²) in [7, 11) is 0. The van der Waals surface area contributed by atoms with Crippen molar-refractivity contribution in [1.29, 1.82) is 0 Å². The molecule has 0 aliphatic rings. The lowest BCUT2D eigenvalue weighted by Crippen LogP contribution is -3.00. The molecule has 0 amide bonds. The Morgan fingerprint density at radius 2 is 1.29 bits per heavy atom. The van der Waals surface area contributed by atoms with Crippen LogP contribution >= 0.6 is 6.04 Å². The third-order valence-corrected chi connectivity index (χ3v) is 11.0. The van der Waals surface area contributed by atoms with Crippen LogP contribution in [0.15, 0.2) is 121 Å². The molecule has 0 aliphatic heterocycles. The standard InChI is InChI=1S/C29H26N2PS.BrH/c1-24-29(32(33,26-17-7-3-8-18-26)27-19-9-4-10-20-27)31-22-12-11-21-28(31)30(24)23-13-16-25-14-5-2-6-15-25;/h2-22H,23H2,1H3;1H/q+1;/p-1. The minimum Gasteiger partial charge on any atom is -1.00 e. The van der Waals surface area contributed by atoms with Crippen LogP contribution in [0.3, 0.4) is 0 Å². The van der Waals surface area contributed by atoms with Crippen molar-refractivity contribution in [2.24, 2.45) is 0 Å². The Kier molecular flexibility index (Phi) is 7.63. The number of hydrogen-bond acceptors (Lipinski definition) is 1. The first kappa shape index (κ1) is 24.3. The lowest BCUT2D eigenvalue weighted by molar-refractivity contribution is -0.490. The van der Waals surface area contributed by atoms with Crippen molar-refractivity contribution in [2.45, 2.75) is 13.5 Å². The van der Waals surface area contributed by atoms with Crippen molar-refractivity contribution in [1.82, 2.24) is 4.57 Å². The maximum Gasteiger partial charge on any atom is 0.287 e. The molecule has 0 fully saturated rings. The second-order valence-electron chi connectivity index (χ2n) is 8.04. The van der Waals surface area contributed by atoms with Gasteiger partial charge in [-0.3, -0.25) is 0 Å². The Balaban J connectivity index is 0.00000274. The third kappa shape index (κ3) is 4.46. The van der Waals surface area contributed by atoms with Gasteiger partial charge in [-0.25, -0.2) is 4.57 Å². The first-order chi connectivity index (χ1) is 16.2. The van der Waals surface area contributed by atoms with E-state index in [0.29, 0.717) is 0 Å². The van der Waals surface area contributed by atoms with Crippen LogP contribution in [0.5, 0.6) is 0 Å². The topological polar surface area (TPSA) is 9.03 Å². The van der Waals surface area contributed by atoms with Crippen LogP contribution in [0.4, 0.5) is 0 Å². The van der Waals surface area contributed by atoms with Gasteiger partial charge in [-0.05, 0) is 28.3 Å². The van der Waals surface area contributed by atoms with Crippen LogP contribution in [0.1, 0.15) is 11.3 Å². The van der Waals surface area contributed by atoms with Crippen LogP contribution in [-0.2, 0) is 18.4 Å². The van der Waals surface area contributed by atoms with E-state index in [9.17, 15) is 0 Å². The van der Waals surface area contributed by atoms with Crippen molar-refractivity contribution in [3.05, 3.63) is 133 Å². The summed E-state index contributed by atoms with van der Waals surface area (Å²) in [6.45, 7) is 3.00. The number of fused-ring (bicyclic) bond motifs is 1. The average molecular weight is 545 g/mol. The van der Waals surface area contributed by atoms with Crippen molar-refractivity contribution in [3.8, 4) is 0 Å². The maximum atomic E-state index is 6.68. The molecule has 5 rings (SSSR count). The quantitative estimate of drug-likeness (QED) is 0.235. The molecule has 2 aromatic heterocycles. The molecule has 2 heterocycles. The number of aromatic nitrogens is 2. The number of pyridine rings is 1. The molecule has 0 atom stereocenters. The van der Waals surface area contributed by atoms with Crippen LogP contribution in [0.25, 0.3) is 11.7 Å². The summed E-state index contributed by atoms with van der Waals surface area (Å²) in [6.07, 6.45) is 6.57. The van der Waals surface area contributed by atoms with Gasteiger partial charge in [0, 0.05) is 13.0 Å². The molecule has 5 aromatic rings. The second-order valence-corrected chi connectivity index (χ2v) is 12.4. The third-order valence-electron chi connectivity index (χ3n) is 6.01. The molecular weight excluding hydrogens is 519 g/mol. The van der Waals surface area contributed by atoms with Crippen molar-refractivity contribution in [2.75, 3.05) is 0 Å². The number of hydrogen-bond donors (Lipinski definition) is 0. The summed E-state index contributed by atoms with van der Waals surface area (Å²) in [5.74, 6) is 0. The Morgan fingerprint density at radius 1 is 0.765 bits per heavy atom. The lowest BCUT2D eigenvalue weighted by atomic mass is 10.2. The van der Waals surface area contributed by atoms with Gasteiger partial charge in [0.1, 0.15) is 12.2 Å². The van der Waals surface area contributed by atoms with Crippen molar-refractivity contribution < 1.29 is 21.4 Å². The van der Waals surface area contributed by atoms with Gasteiger partial charge in [-0.15, -0.1) is 0 Å². The number of nitrogens with zero attached hydrogens (tertiary/aromatic N) is 2. The van der Waals surface area contributed by atoms with E-state index < -0.39 is 6.04 Å². The molecule has 2 nitrogen and oxygen atoms in total. The van der Waals surface area contributed by atoms with E-state index in [1.54, 1.807) is 0 Å². The first-order valence-corrected chi connectivity index (χ1v) is 13.9. The Hall–Kier alpha value is -2.78. The van der Waals surface area contributed by atoms with Gasteiger partial charge in [0.05, 0.1) is 12.2 Å². The number of imidazole rings is 1. The highest BCUT2D eigenvalue weighted by molar-refractivity contribution is 8.25. The Labute approximate surface area is 217 Å². The molecule has 5 heteroatoms. The highest BCUT2D eigenvalue weighted by Gasteiger charge is 2.36. The molecule has 0 radical (unpaired) electrons. The summed E-state index contributed by atoms with van der Waals surface area (Å²) in [6, 6.07) is 35.8. The van der Waals surface area contributed by atoms with Gasteiger partial charge in [0.25, 0.3) is 5.65 Å². The fourth-order valence-electron chi connectivity index (χ4n) is 4.44. The van der Waals surface area contributed by atoms with E-state index in [1.807, 2.05) is 6.07 Å². The number of allylic oxidation sites excluding steroid dienone is 1. The number of halogens is 1. The first-order valence-electron chi connectivity index (χ1n) is 11.1. The zero-order chi connectivity index (χ0) is 22.7. The molecule has 0 saturated carbocycles.